The number of nitrogens with zero attached hydrogens (tertiary/aromatic N) is 1. The summed E-state index contributed by atoms with van der Waals surface area (Å²) in [5.74, 6) is 0.899. The lowest BCUT2D eigenvalue weighted by Gasteiger charge is -2.20. The number of benzene rings is 1. The minimum absolute atomic E-state index is 0.0361. The van der Waals surface area contributed by atoms with Gasteiger partial charge in [-0.05, 0) is 41.3 Å². The lowest BCUT2D eigenvalue weighted by Crippen LogP contribution is -2.40. The molecule has 0 spiro atoms. The molecule has 6 heteroatoms. The first kappa shape index (κ1) is 15.7. The summed E-state index contributed by atoms with van der Waals surface area (Å²) in [7, 11) is 0. The molecule has 124 valence electrons. The lowest BCUT2D eigenvalue weighted by atomic mass is 10.1. The molecule has 0 aliphatic carbocycles. The Morgan fingerprint density at radius 1 is 1.33 bits per heavy atom. The number of thiophene rings is 1. The molecule has 2 amide bonds. The molecule has 1 saturated heterocycles. The molecule has 1 aromatic heterocycles. The molecule has 2 aliphatic rings. The fourth-order valence-corrected chi connectivity index (χ4v) is 5.20. The molecule has 3 heterocycles. The first-order chi connectivity index (χ1) is 11.7. The monoisotopic (exact) mass is 358 g/mol. The third kappa shape index (κ3) is 2.63. The van der Waals surface area contributed by atoms with Crippen molar-refractivity contribution in [2.24, 2.45) is 0 Å². The molecule has 0 radical (unpaired) electrons. The molecule has 1 fully saturated rings. The Morgan fingerprint density at radius 3 is 2.96 bits per heavy atom. The Morgan fingerprint density at radius 2 is 2.21 bits per heavy atom. The maximum atomic E-state index is 13.1. The highest BCUT2D eigenvalue weighted by molar-refractivity contribution is 7.99. The molecule has 1 N–H and O–H groups in total. The van der Waals surface area contributed by atoms with Gasteiger partial charge in [-0.15, -0.1) is 11.3 Å². The summed E-state index contributed by atoms with van der Waals surface area (Å²) >= 11 is 3.47. The van der Waals surface area contributed by atoms with Crippen LogP contribution in [0.2, 0.25) is 0 Å². The summed E-state index contributed by atoms with van der Waals surface area (Å²) in [5, 5.41) is 5.32. The number of thioether (sulfide) groups is 1. The lowest BCUT2D eigenvalue weighted by molar-refractivity contribution is -0.119. The molecule has 2 aliphatic heterocycles. The quantitative estimate of drug-likeness (QED) is 0.910. The van der Waals surface area contributed by atoms with E-state index in [-0.39, 0.29) is 17.9 Å². The van der Waals surface area contributed by atoms with Gasteiger partial charge in [0.05, 0.1) is 11.3 Å². The van der Waals surface area contributed by atoms with Crippen LogP contribution in [0.4, 0.5) is 5.69 Å². The smallest absolute Gasteiger partial charge is 0.256 e. The third-order valence-corrected chi connectivity index (χ3v) is 6.61. The minimum atomic E-state index is -0.348. The molecule has 2 atom stereocenters. The van der Waals surface area contributed by atoms with Crippen molar-refractivity contribution in [1.82, 2.24) is 4.90 Å². The summed E-state index contributed by atoms with van der Waals surface area (Å²) in [5.41, 5.74) is 2.24. The van der Waals surface area contributed by atoms with Gasteiger partial charge in [0.15, 0.2) is 0 Å². The fourth-order valence-electron chi connectivity index (χ4n) is 3.42. The van der Waals surface area contributed by atoms with Gasteiger partial charge in [0, 0.05) is 16.7 Å². The van der Waals surface area contributed by atoms with Crippen LogP contribution in [-0.4, -0.2) is 40.3 Å². The van der Waals surface area contributed by atoms with Crippen molar-refractivity contribution < 1.29 is 9.59 Å². The van der Waals surface area contributed by atoms with Crippen LogP contribution in [-0.2, 0) is 4.79 Å². The van der Waals surface area contributed by atoms with Crippen LogP contribution in [0.3, 0.4) is 0 Å². The van der Waals surface area contributed by atoms with E-state index in [9.17, 15) is 9.59 Å². The Hall–Kier alpha value is -1.79. The normalized spacial score (nSPS) is 22.8. The predicted octanol–water partition coefficient (Wildman–Crippen LogP) is 3.70. The van der Waals surface area contributed by atoms with E-state index in [2.05, 4.69) is 12.2 Å². The van der Waals surface area contributed by atoms with E-state index in [1.165, 1.54) is 0 Å². The predicted molar refractivity (Wildman–Crippen MR) is 99.7 cm³/mol. The summed E-state index contributed by atoms with van der Waals surface area (Å²) in [6, 6.07) is 9.41. The summed E-state index contributed by atoms with van der Waals surface area (Å²) in [4.78, 5) is 28.5. The second kappa shape index (κ2) is 6.26. The topological polar surface area (TPSA) is 49.4 Å². The van der Waals surface area contributed by atoms with E-state index in [1.54, 1.807) is 16.2 Å². The van der Waals surface area contributed by atoms with Gasteiger partial charge in [-0.3, -0.25) is 9.59 Å². The summed E-state index contributed by atoms with van der Waals surface area (Å²) in [6.07, 6.45) is 0.738. The number of nitrogens with one attached hydrogen (secondary N) is 1. The van der Waals surface area contributed by atoms with Crippen LogP contribution in [0, 0.1) is 0 Å². The molecule has 4 nitrogen and oxygen atoms in total. The number of carbonyl (C=O) groups excluding carboxylic acids is 2. The van der Waals surface area contributed by atoms with E-state index in [1.807, 2.05) is 47.5 Å². The van der Waals surface area contributed by atoms with Crippen LogP contribution < -0.4 is 5.32 Å². The maximum absolute atomic E-state index is 13.1. The zero-order chi connectivity index (χ0) is 16.7. The van der Waals surface area contributed by atoms with E-state index in [4.69, 9.17) is 0 Å². The average molecular weight is 358 g/mol. The van der Waals surface area contributed by atoms with Gasteiger partial charge >= 0.3 is 0 Å². The Kier molecular flexibility index (Phi) is 4.10. The molecular weight excluding hydrogens is 340 g/mol. The van der Waals surface area contributed by atoms with Crippen LogP contribution in [0.15, 0.2) is 35.7 Å². The third-order valence-electron chi connectivity index (χ3n) is 4.54. The molecule has 24 heavy (non-hydrogen) atoms. The van der Waals surface area contributed by atoms with Gasteiger partial charge in [-0.25, -0.2) is 0 Å². The van der Waals surface area contributed by atoms with Crippen LogP contribution in [0.5, 0.6) is 0 Å². The second-order valence-electron chi connectivity index (χ2n) is 6.01. The molecule has 4 rings (SSSR count). The molecule has 2 unspecified atom stereocenters. The maximum Gasteiger partial charge on any atom is 0.256 e. The number of carbonyl (C=O) groups is 2. The van der Waals surface area contributed by atoms with E-state index >= 15 is 0 Å². The Balaban J connectivity index is 1.72. The van der Waals surface area contributed by atoms with Crippen molar-refractivity contribution in [3.8, 4) is 10.4 Å². The molecule has 0 saturated carbocycles. The van der Waals surface area contributed by atoms with Crippen molar-refractivity contribution in [3.05, 3.63) is 41.3 Å². The highest BCUT2D eigenvalue weighted by Crippen LogP contribution is 2.35. The van der Waals surface area contributed by atoms with Crippen molar-refractivity contribution in [3.63, 3.8) is 0 Å². The zero-order valence-electron chi connectivity index (χ0n) is 13.3. The molecule has 0 bridgehead atoms. The number of hydrogen-bond acceptors (Lipinski definition) is 4. The van der Waals surface area contributed by atoms with Crippen LogP contribution >= 0.6 is 23.1 Å². The highest BCUT2D eigenvalue weighted by Gasteiger charge is 2.42. The van der Waals surface area contributed by atoms with Crippen LogP contribution in [0.1, 0.15) is 23.7 Å². The van der Waals surface area contributed by atoms with Gasteiger partial charge in [0.25, 0.3) is 5.91 Å². The molecule has 2 aromatic rings. The van der Waals surface area contributed by atoms with Gasteiger partial charge in [0.1, 0.15) is 6.04 Å². The zero-order valence-corrected chi connectivity index (χ0v) is 15.0. The first-order valence-corrected chi connectivity index (χ1v) is 10.0. The number of anilines is 1. The second-order valence-corrected chi connectivity index (χ2v) is 8.54. The number of hydrogen-bond donors (Lipinski definition) is 1. The van der Waals surface area contributed by atoms with E-state index < -0.39 is 0 Å². The molecular formula is C18H18N2O2S2. The standard InChI is InChI=1S/C18H18N2O2S2/c1-2-23-12-9-15-17(21)19-14-6-5-11(16-4-3-7-24-16)8-13(14)18(22)20(15)10-12/h3-8,12,15H,2,9-10H2,1H3,(H,19,21). The highest BCUT2D eigenvalue weighted by atomic mass is 32.2. The fraction of sp³-hybridized carbons (Fsp3) is 0.333. The first-order valence-electron chi connectivity index (χ1n) is 8.08. The number of fused-ring (bicyclic) bond motifs is 2. The Bertz CT molecular complexity index is 788. The summed E-state index contributed by atoms with van der Waals surface area (Å²) in [6.45, 7) is 2.76. The average Bonchev–Trinajstić information content (AvgIpc) is 3.23. The van der Waals surface area contributed by atoms with Crippen molar-refractivity contribution in [2.75, 3.05) is 17.6 Å². The summed E-state index contributed by atoms with van der Waals surface area (Å²) < 4.78 is 0. The molecule has 1 aromatic carbocycles. The number of amides is 2. The van der Waals surface area contributed by atoms with Gasteiger partial charge < -0.3 is 10.2 Å². The SMILES string of the molecule is CCSC1CC2C(=O)Nc3ccc(-c4cccs4)cc3C(=O)N2C1. The van der Waals surface area contributed by atoms with Crippen molar-refractivity contribution >= 4 is 40.6 Å². The van der Waals surface area contributed by atoms with Gasteiger partial charge in [-0.1, -0.05) is 19.1 Å². The van der Waals surface area contributed by atoms with Gasteiger partial charge in [0.2, 0.25) is 5.91 Å². The van der Waals surface area contributed by atoms with Crippen LogP contribution in [0.25, 0.3) is 10.4 Å². The van der Waals surface area contributed by atoms with Crippen molar-refractivity contribution in [2.45, 2.75) is 24.6 Å². The van der Waals surface area contributed by atoms with E-state index in [0.717, 1.165) is 22.6 Å². The number of rotatable bonds is 3. The minimum Gasteiger partial charge on any atom is -0.325 e. The van der Waals surface area contributed by atoms with Crippen molar-refractivity contribution in [1.29, 1.82) is 0 Å². The largest absolute Gasteiger partial charge is 0.325 e. The van der Waals surface area contributed by atoms with Gasteiger partial charge in [-0.2, -0.15) is 11.8 Å². The van der Waals surface area contributed by atoms with E-state index in [0.29, 0.717) is 23.0 Å². The Labute approximate surface area is 149 Å².